The molecule has 6 bridgehead atoms. The van der Waals surface area contributed by atoms with E-state index in [1.165, 1.54) is 12.8 Å². The maximum Gasteiger partial charge on any atom is 0.158 e. The van der Waals surface area contributed by atoms with Gasteiger partial charge in [-0.1, -0.05) is 0 Å². The van der Waals surface area contributed by atoms with E-state index in [-0.39, 0.29) is 0 Å². The molecule has 2 aliphatic heterocycles. The Balaban J connectivity index is 1.80. The predicted octanol–water partition coefficient (Wildman–Crippen LogP) is 0.852. The molecule has 70 valence electrons. The van der Waals surface area contributed by atoms with E-state index in [1.807, 2.05) is 0 Å². The van der Waals surface area contributed by atoms with E-state index in [0.29, 0.717) is 12.0 Å². The highest BCUT2D eigenvalue weighted by molar-refractivity contribution is 5.23. The molecule has 1 N–H and O–H groups in total. The van der Waals surface area contributed by atoms with Crippen LogP contribution >= 0.6 is 0 Å². The minimum absolute atomic E-state index is 0.392. The first-order valence-corrected chi connectivity index (χ1v) is 5.70. The molecule has 9 unspecified atom stereocenters. The monoisotopic (exact) mass is 178 g/mol. The van der Waals surface area contributed by atoms with Gasteiger partial charge in [0.15, 0.2) is 6.29 Å². The lowest BCUT2D eigenvalue weighted by Crippen LogP contribution is -2.58. The average molecular weight is 178 g/mol. The van der Waals surface area contributed by atoms with Crippen LogP contribution < -0.4 is 0 Å². The Morgan fingerprint density at radius 2 is 1.62 bits per heavy atom. The van der Waals surface area contributed by atoms with E-state index >= 15 is 0 Å². The van der Waals surface area contributed by atoms with Crippen molar-refractivity contribution < 1.29 is 9.84 Å². The molecular formula is C11H14O2. The Morgan fingerprint density at radius 3 is 2.54 bits per heavy atom. The topological polar surface area (TPSA) is 29.5 Å². The third kappa shape index (κ3) is 0.435. The molecule has 6 rings (SSSR count). The second-order valence-corrected chi connectivity index (χ2v) is 5.85. The van der Waals surface area contributed by atoms with Crippen molar-refractivity contribution in [2.75, 3.05) is 0 Å². The van der Waals surface area contributed by atoms with Crippen LogP contribution in [-0.2, 0) is 4.74 Å². The molecule has 6 aliphatic rings. The van der Waals surface area contributed by atoms with E-state index in [0.717, 1.165) is 35.5 Å². The molecule has 0 amide bonds. The third-order valence-electron chi connectivity index (χ3n) is 5.98. The van der Waals surface area contributed by atoms with Gasteiger partial charge >= 0.3 is 0 Å². The summed E-state index contributed by atoms with van der Waals surface area (Å²) < 4.78 is 5.73. The summed E-state index contributed by atoms with van der Waals surface area (Å²) in [7, 11) is 0. The standard InChI is InChI=1S/C11H14O2/c12-11-9-5-1-3-4-2-6(7(3)9)10(13-11)8(4)5/h3-12H,1-2H2. The molecule has 0 aromatic carbocycles. The summed E-state index contributed by atoms with van der Waals surface area (Å²) in [6, 6.07) is 0. The number of fused-ring (bicyclic) bond motifs is 1. The largest absolute Gasteiger partial charge is 0.368 e. The Labute approximate surface area is 77.3 Å². The predicted molar refractivity (Wildman–Crippen MR) is 44.5 cm³/mol. The van der Waals surface area contributed by atoms with Gasteiger partial charge in [0.25, 0.3) is 0 Å². The number of rotatable bonds is 0. The van der Waals surface area contributed by atoms with Crippen molar-refractivity contribution in [2.45, 2.75) is 25.2 Å². The first kappa shape index (κ1) is 6.41. The van der Waals surface area contributed by atoms with Crippen LogP contribution in [0, 0.1) is 41.4 Å². The van der Waals surface area contributed by atoms with Crippen molar-refractivity contribution in [1.29, 1.82) is 0 Å². The third-order valence-corrected chi connectivity index (χ3v) is 5.98. The van der Waals surface area contributed by atoms with E-state index in [1.54, 1.807) is 0 Å². The highest BCUT2D eigenvalue weighted by atomic mass is 16.6. The van der Waals surface area contributed by atoms with Gasteiger partial charge in [0.2, 0.25) is 0 Å². The lowest BCUT2D eigenvalue weighted by molar-refractivity contribution is -0.289. The second kappa shape index (κ2) is 1.59. The first-order chi connectivity index (χ1) is 6.36. The van der Waals surface area contributed by atoms with E-state index in [2.05, 4.69) is 0 Å². The Morgan fingerprint density at radius 1 is 0.846 bits per heavy atom. The van der Waals surface area contributed by atoms with Crippen LogP contribution in [0.25, 0.3) is 0 Å². The normalized spacial score (nSPS) is 80.5. The van der Waals surface area contributed by atoms with Gasteiger partial charge in [-0.25, -0.2) is 0 Å². The molecule has 0 spiro atoms. The van der Waals surface area contributed by atoms with E-state index in [4.69, 9.17) is 4.74 Å². The molecule has 2 heteroatoms. The van der Waals surface area contributed by atoms with Gasteiger partial charge < -0.3 is 9.84 Å². The van der Waals surface area contributed by atoms with Gasteiger partial charge in [0, 0.05) is 5.92 Å². The molecule has 0 aromatic rings. The number of aliphatic hydroxyl groups excluding tert-OH is 1. The number of ether oxygens (including phenoxy) is 1. The molecule has 2 nitrogen and oxygen atoms in total. The maximum absolute atomic E-state index is 9.83. The quantitative estimate of drug-likeness (QED) is 0.596. The highest BCUT2D eigenvalue weighted by Crippen LogP contribution is 2.77. The van der Waals surface area contributed by atoms with Crippen molar-refractivity contribution in [2.24, 2.45) is 41.4 Å². The summed E-state index contributed by atoms with van der Waals surface area (Å²) >= 11 is 0. The molecule has 6 fully saturated rings. The Hall–Kier alpha value is -0.0800. The minimum atomic E-state index is -0.392. The molecular weight excluding hydrogens is 164 g/mol. The van der Waals surface area contributed by atoms with Gasteiger partial charge in [-0.3, -0.25) is 0 Å². The van der Waals surface area contributed by atoms with Gasteiger partial charge in [-0.2, -0.15) is 0 Å². The van der Waals surface area contributed by atoms with Crippen molar-refractivity contribution in [3.8, 4) is 0 Å². The van der Waals surface area contributed by atoms with Crippen molar-refractivity contribution in [3.63, 3.8) is 0 Å². The van der Waals surface area contributed by atoms with Crippen LogP contribution in [0.1, 0.15) is 12.8 Å². The molecule has 0 aromatic heterocycles. The summed E-state index contributed by atoms with van der Waals surface area (Å²) in [6.07, 6.45) is 2.94. The van der Waals surface area contributed by atoms with Crippen LogP contribution in [0.15, 0.2) is 0 Å². The highest BCUT2D eigenvalue weighted by Gasteiger charge is 2.77. The first-order valence-electron chi connectivity index (χ1n) is 5.70. The summed E-state index contributed by atoms with van der Waals surface area (Å²) in [4.78, 5) is 0. The van der Waals surface area contributed by atoms with Crippen LogP contribution in [0.3, 0.4) is 0 Å². The lowest BCUT2D eigenvalue weighted by Gasteiger charge is -2.53. The fourth-order valence-electron chi connectivity index (χ4n) is 6.05. The number of hydrogen-bond donors (Lipinski definition) is 1. The smallest absolute Gasteiger partial charge is 0.158 e. The Bertz CT molecular complexity index is 298. The molecule has 4 saturated carbocycles. The molecule has 13 heavy (non-hydrogen) atoms. The fraction of sp³-hybridized carbons (Fsp3) is 1.00. The van der Waals surface area contributed by atoms with Gasteiger partial charge in [0.1, 0.15) is 0 Å². The molecule has 2 heterocycles. The van der Waals surface area contributed by atoms with Crippen LogP contribution in [0.4, 0.5) is 0 Å². The molecule has 9 atom stereocenters. The fourth-order valence-corrected chi connectivity index (χ4v) is 6.05. The zero-order valence-electron chi connectivity index (χ0n) is 7.47. The average Bonchev–Trinajstić information content (AvgIpc) is 2.67. The molecule has 0 radical (unpaired) electrons. The SMILES string of the molecule is OC1OC2C3CC4C5CC(C42)C1C53. The lowest BCUT2D eigenvalue weighted by atomic mass is 9.61. The zero-order chi connectivity index (χ0) is 8.32. The molecule has 2 saturated heterocycles. The number of aliphatic hydroxyl groups is 1. The summed E-state index contributed by atoms with van der Waals surface area (Å²) in [5.74, 6) is 6.00. The van der Waals surface area contributed by atoms with Gasteiger partial charge in [-0.15, -0.1) is 0 Å². The summed E-state index contributed by atoms with van der Waals surface area (Å²) in [5.41, 5.74) is 0. The van der Waals surface area contributed by atoms with E-state index < -0.39 is 6.29 Å². The second-order valence-electron chi connectivity index (χ2n) is 5.85. The summed E-state index contributed by atoms with van der Waals surface area (Å²) in [5, 5.41) is 9.83. The van der Waals surface area contributed by atoms with Crippen molar-refractivity contribution in [3.05, 3.63) is 0 Å². The summed E-state index contributed by atoms with van der Waals surface area (Å²) in [6.45, 7) is 0. The van der Waals surface area contributed by atoms with Gasteiger partial charge in [0.05, 0.1) is 6.10 Å². The van der Waals surface area contributed by atoms with Crippen LogP contribution in [0.5, 0.6) is 0 Å². The maximum atomic E-state index is 9.83. The van der Waals surface area contributed by atoms with Crippen molar-refractivity contribution in [1.82, 2.24) is 0 Å². The minimum Gasteiger partial charge on any atom is -0.368 e. The Kier molecular flexibility index (Phi) is 0.783. The molecule has 4 aliphatic carbocycles. The number of hydrogen-bond acceptors (Lipinski definition) is 2. The van der Waals surface area contributed by atoms with E-state index in [9.17, 15) is 5.11 Å². The zero-order valence-corrected chi connectivity index (χ0v) is 7.47. The van der Waals surface area contributed by atoms with Gasteiger partial charge in [-0.05, 0) is 48.3 Å². The van der Waals surface area contributed by atoms with Crippen LogP contribution in [0.2, 0.25) is 0 Å². The van der Waals surface area contributed by atoms with Crippen LogP contribution in [-0.4, -0.2) is 17.5 Å². The van der Waals surface area contributed by atoms with Crippen molar-refractivity contribution >= 4 is 0 Å².